The Morgan fingerprint density at radius 1 is 1.17 bits per heavy atom. The van der Waals surface area contributed by atoms with Crippen LogP contribution >= 0.6 is 22.6 Å². The average Bonchev–Trinajstić information content (AvgIpc) is 2.38. The topological polar surface area (TPSA) is 38.0 Å². The molecule has 0 bridgehead atoms. The first kappa shape index (κ1) is 13.2. The van der Waals surface area contributed by atoms with Gasteiger partial charge in [0.05, 0.1) is 0 Å². The van der Waals surface area contributed by atoms with Gasteiger partial charge in [0.15, 0.2) is 0 Å². The molecular formula is C15H17IN2. The molecule has 2 aromatic rings. The van der Waals surface area contributed by atoms with Crippen LogP contribution in [0, 0.1) is 3.57 Å². The molecule has 2 rings (SSSR count). The first-order valence-electron chi connectivity index (χ1n) is 6.00. The first-order chi connectivity index (χ1) is 8.66. The molecule has 0 spiro atoms. The summed E-state index contributed by atoms with van der Waals surface area (Å²) in [5, 5.41) is 3.48. The number of nitrogens with one attached hydrogen (secondary N) is 1. The lowest BCUT2D eigenvalue weighted by Gasteiger charge is -2.15. The van der Waals surface area contributed by atoms with E-state index in [2.05, 4.69) is 59.1 Å². The van der Waals surface area contributed by atoms with E-state index in [1.54, 1.807) is 0 Å². The fourth-order valence-electron chi connectivity index (χ4n) is 1.84. The Balaban J connectivity index is 1.99. The highest BCUT2D eigenvalue weighted by molar-refractivity contribution is 14.1. The summed E-state index contributed by atoms with van der Waals surface area (Å²) in [5.74, 6) is 0.486. The van der Waals surface area contributed by atoms with E-state index in [-0.39, 0.29) is 0 Å². The van der Waals surface area contributed by atoms with Crippen LogP contribution in [0.4, 0.5) is 11.4 Å². The Morgan fingerprint density at radius 3 is 2.56 bits per heavy atom. The molecule has 18 heavy (non-hydrogen) atoms. The highest BCUT2D eigenvalue weighted by atomic mass is 127. The minimum Gasteiger partial charge on any atom is -0.399 e. The van der Waals surface area contributed by atoms with Crippen molar-refractivity contribution in [2.24, 2.45) is 0 Å². The van der Waals surface area contributed by atoms with Crippen LogP contribution in [-0.2, 0) is 0 Å². The molecule has 0 aliphatic rings. The summed E-state index contributed by atoms with van der Waals surface area (Å²) < 4.78 is 1.16. The van der Waals surface area contributed by atoms with Gasteiger partial charge in [-0.05, 0) is 52.3 Å². The zero-order valence-electron chi connectivity index (χ0n) is 10.4. The number of rotatable bonds is 4. The minimum atomic E-state index is 0.486. The van der Waals surface area contributed by atoms with Crippen molar-refractivity contribution < 1.29 is 0 Å². The van der Waals surface area contributed by atoms with E-state index < -0.39 is 0 Å². The Hall–Kier alpha value is -1.23. The maximum Gasteiger partial charge on any atom is 0.0477 e. The largest absolute Gasteiger partial charge is 0.399 e. The summed E-state index contributed by atoms with van der Waals surface area (Å²) in [6.45, 7) is 3.15. The predicted molar refractivity (Wildman–Crippen MR) is 86.9 cm³/mol. The third-order valence-electron chi connectivity index (χ3n) is 2.96. The van der Waals surface area contributed by atoms with E-state index >= 15 is 0 Å². The van der Waals surface area contributed by atoms with Crippen molar-refractivity contribution in [2.75, 3.05) is 17.6 Å². The van der Waals surface area contributed by atoms with Gasteiger partial charge in [-0.2, -0.15) is 0 Å². The van der Waals surface area contributed by atoms with Crippen molar-refractivity contribution in [3.8, 4) is 0 Å². The van der Waals surface area contributed by atoms with E-state index in [0.29, 0.717) is 5.92 Å². The molecule has 2 nitrogen and oxygen atoms in total. The Bertz CT molecular complexity index is 511. The Labute approximate surface area is 122 Å². The highest BCUT2D eigenvalue weighted by Crippen LogP contribution is 2.22. The lowest BCUT2D eigenvalue weighted by atomic mass is 10.0. The van der Waals surface area contributed by atoms with Crippen molar-refractivity contribution in [3.05, 3.63) is 57.7 Å². The third-order valence-corrected chi connectivity index (χ3v) is 3.85. The molecule has 3 N–H and O–H groups in total. The Kier molecular flexibility index (Phi) is 4.47. The predicted octanol–water partition coefficient (Wildman–Crippen LogP) is 4.09. The van der Waals surface area contributed by atoms with Gasteiger partial charge >= 0.3 is 0 Å². The molecule has 0 aliphatic carbocycles. The van der Waals surface area contributed by atoms with Crippen LogP contribution in [0.1, 0.15) is 18.4 Å². The van der Waals surface area contributed by atoms with Gasteiger partial charge in [-0.15, -0.1) is 0 Å². The van der Waals surface area contributed by atoms with Crippen molar-refractivity contribution in [1.29, 1.82) is 0 Å². The smallest absolute Gasteiger partial charge is 0.0477 e. The van der Waals surface area contributed by atoms with Gasteiger partial charge in [0.25, 0.3) is 0 Å². The number of hydrogen-bond acceptors (Lipinski definition) is 2. The quantitative estimate of drug-likeness (QED) is 0.643. The number of hydrogen-bond donors (Lipinski definition) is 2. The molecule has 3 heteroatoms. The van der Waals surface area contributed by atoms with Crippen LogP contribution in [0.25, 0.3) is 0 Å². The second-order valence-electron chi connectivity index (χ2n) is 4.43. The van der Waals surface area contributed by atoms with Gasteiger partial charge in [0.2, 0.25) is 0 Å². The van der Waals surface area contributed by atoms with Crippen molar-refractivity contribution >= 4 is 34.0 Å². The molecular weight excluding hydrogens is 335 g/mol. The SMILES string of the molecule is CC(CNc1ccc(N)cc1I)c1ccccc1. The zero-order valence-corrected chi connectivity index (χ0v) is 12.5. The zero-order chi connectivity index (χ0) is 13.0. The fraction of sp³-hybridized carbons (Fsp3) is 0.200. The molecule has 1 atom stereocenters. The molecule has 0 heterocycles. The monoisotopic (exact) mass is 352 g/mol. The molecule has 0 radical (unpaired) electrons. The molecule has 0 saturated carbocycles. The molecule has 2 aromatic carbocycles. The van der Waals surface area contributed by atoms with Crippen LogP contribution in [0.3, 0.4) is 0 Å². The summed E-state index contributed by atoms with van der Waals surface area (Å²) in [7, 11) is 0. The minimum absolute atomic E-state index is 0.486. The lowest BCUT2D eigenvalue weighted by Crippen LogP contribution is -2.10. The molecule has 0 amide bonds. The molecule has 94 valence electrons. The second kappa shape index (κ2) is 6.09. The fourth-order valence-corrected chi connectivity index (χ4v) is 2.57. The van der Waals surface area contributed by atoms with E-state index in [1.165, 1.54) is 5.56 Å². The summed E-state index contributed by atoms with van der Waals surface area (Å²) in [4.78, 5) is 0. The number of halogens is 1. The maximum absolute atomic E-state index is 5.74. The average molecular weight is 352 g/mol. The molecule has 1 unspecified atom stereocenters. The Morgan fingerprint density at radius 2 is 1.89 bits per heavy atom. The van der Waals surface area contributed by atoms with E-state index in [9.17, 15) is 0 Å². The second-order valence-corrected chi connectivity index (χ2v) is 5.59. The summed E-state index contributed by atoms with van der Waals surface area (Å²) in [5.41, 5.74) is 9.05. The van der Waals surface area contributed by atoms with Crippen LogP contribution in [0.2, 0.25) is 0 Å². The van der Waals surface area contributed by atoms with Crippen LogP contribution in [0.15, 0.2) is 48.5 Å². The highest BCUT2D eigenvalue weighted by Gasteiger charge is 2.06. The third kappa shape index (κ3) is 3.38. The van der Waals surface area contributed by atoms with E-state index in [1.807, 2.05) is 24.3 Å². The number of nitrogens with two attached hydrogens (primary N) is 1. The normalized spacial score (nSPS) is 12.1. The van der Waals surface area contributed by atoms with Gasteiger partial charge in [-0.3, -0.25) is 0 Å². The molecule has 0 aliphatic heterocycles. The van der Waals surface area contributed by atoms with Gasteiger partial charge in [0, 0.05) is 21.5 Å². The van der Waals surface area contributed by atoms with Gasteiger partial charge in [0.1, 0.15) is 0 Å². The summed E-state index contributed by atoms with van der Waals surface area (Å²) in [6, 6.07) is 16.5. The van der Waals surface area contributed by atoms with Crippen LogP contribution in [0.5, 0.6) is 0 Å². The van der Waals surface area contributed by atoms with Gasteiger partial charge in [-0.25, -0.2) is 0 Å². The van der Waals surface area contributed by atoms with E-state index in [0.717, 1.165) is 21.5 Å². The number of nitrogen functional groups attached to an aromatic ring is 1. The van der Waals surface area contributed by atoms with Gasteiger partial charge in [-0.1, -0.05) is 37.3 Å². The van der Waals surface area contributed by atoms with Crippen LogP contribution in [-0.4, -0.2) is 6.54 Å². The molecule has 0 aromatic heterocycles. The van der Waals surface area contributed by atoms with Gasteiger partial charge < -0.3 is 11.1 Å². The lowest BCUT2D eigenvalue weighted by molar-refractivity contribution is 0.804. The molecule has 0 fully saturated rings. The van der Waals surface area contributed by atoms with Crippen molar-refractivity contribution in [3.63, 3.8) is 0 Å². The summed E-state index contributed by atoms with van der Waals surface area (Å²) >= 11 is 2.30. The number of anilines is 2. The first-order valence-corrected chi connectivity index (χ1v) is 7.08. The van der Waals surface area contributed by atoms with Crippen molar-refractivity contribution in [2.45, 2.75) is 12.8 Å². The standard InChI is InChI=1S/C15H17IN2/c1-11(12-5-3-2-4-6-12)10-18-15-8-7-13(17)9-14(15)16/h2-9,11,18H,10,17H2,1H3. The van der Waals surface area contributed by atoms with E-state index in [4.69, 9.17) is 5.73 Å². The maximum atomic E-state index is 5.74. The van der Waals surface area contributed by atoms with Crippen molar-refractivity contribution in [1.82, 2.24) is 0 Å². The molecule has 0 saturated heterocycles. The summed E-state index contributed by atoms with van der Waals surface area (Å²) in [6.07, 6.45) is 0. The van der Waals surface area contributed by atoms with Crippen LogP contribution < -0.4 is 11.1 Å². The number of benzene rings is 2.